The summed E-state index contributed by atoms with van der Waals surface area (Å²) in [5.74, 6) is 0. The van der Waals surface area contributed by atoms with Gasteiger partial charge >= 0.3 is 266 Å². The first-order valence-corrected chi connectivity index (χ1v) is 25.5. The van der Waals surface area contributed by atoms with E-state index in [-0.39, 0.29) is 35.6 Å². The third kappa shape index (κ3) is 5.81. The zero-order valence-electron chi connectivity index (χ0n) is 28.1. The molecule has 1 fully saturated rings. The molecule has 3 heteroatoms. The van der Waals surface area contributed by atoms with Crippen LogP contribution in [0.3, 0.4) is 0 Å². The molecule has 2 atom stereocenters. The average Bonchev–Trinajstić information content (AvgIpc) is 3.45. The number of rotatable bonds is 4. The fraction of sp³-hybridized carbons (Fsp3) is 0.333. The van der Waals surface area contributed by atoms with Crippen molar-refractivity contribution in [1.29, 1.82) is 0 Å². The molecule has 0 amide bonds. The summed E-state index contributed by atoms with van der Waals surface area (Å²) < 4.78 is 4.26. The first kappa shape index (κ1) is 34.2. The minimum absolute atomic E-state index is 0. The Morgan fingerprint density at radius 1 is 0.511 bits per heavy atom. The topological polar surface area (TPSA) is 0 Å². The first-order chi connectivity index (χ1) is 20.4. The maximum atomic E-state index is 2.65. The second-order valence-electron chi connectivity index (χ2n) is 15.6. The predicted molar refractivity (Wildman–Crippen MR) is 198 cm³/mol. The quantitative estimate of drug-likeness (QED) is 0.180. The van der Waals surface area contributed by atoms with Crippen LogP contribution in [0.1, 0.15) is 82.3 Å². The van der Waals surface area contributed by atoms with E-state index >= 15 is 0 Å². The van der Waals surface area contributed by atoms with Crippen LogP contribution in [0.25, 0.3) is 34.4 Å². The molecule has 1 heterocycles. The van der Waals surface area contributed by atoms with Crippen LogP contribution in [-0.4, -0.2) is 0 Å². The zero-order valence-corrected chi connectivity index (χ0v) is 33.3. The van der Waals surface area contributed by atoms with Gasteiger partial charge in [-0.15, -0.1) is 24.8 Å². The van der Waals surface area contributed by atoms with E-state index in [0.29, 0.717) is 7.35 Å². The number of fused-ring (bicyclic) bond motifs is 2. The largest absolute Gasteiger partial charge is 0.147 e. The van der Waals surface area contributed by atoms with E-state index in [2.05, 4.69) is 152 Å². The smallest absolute Gasteiger partial charge is 0.147 e. The monoisotopic (exact) mass is 802 g/mol. The summed E-state index contributed by atoms with van der Waals surface area (Å²) in [5.41, 5.74) is 18.1. The molecule has 4 aromatic rings. The summed E-state index contributed by atoms with van der Waals surface area (Å²) in [6, 6.07) is 32.8. The minimum atomic E-state index is -3.05. The van der Waals surface area contributed by atoms with Crippen molar-refractivity contribution in [1.82, 2.24) is 0 Å². The van der Waals surface area contributed by atoms with Crippen LogP contribution in [0.5, 0.6) is 0 Å². The van der Waals surface area contributed by atoms with Crippen LogP contribution >= 0.6 is 24.8 Å². The van der Waals surface area contributed by atoms with Gasteiger partial charge in [0, 0.05) is 0 Å². The Morgan fingerprint density at radius 2 is 0.867 bits per heavy atom. The molecule has 1 aliphatic heterocycles. The standard InChI is InChI=1S/2C20H21.C2H4.2ClH.Hf/c2*1-14-8-10-15(11-9-14)18-7-5-6-16-12-17(13-19(16)18)20(2,3)4;1-2;;;/h2*5-13H,1-4H3;1-2H2;2*1H;. The van der Waals surface area contributed by atoms with Gasteiger partial charge in [0.1, 0.15) is 0 Å². The van der Waals surface area contributed by atoms with Crippen LogP contribution in [0.2, 0.25) is 8.35 Å². The first-order valence-electron chi connectivity index (χ1n) is 16.2. The van der Waals surface area contributed by atoms with Crippen molar-refractivity contribution in [3.63, 3.8) is 0 Å². The molecule has 0 bridgehead atoms. The molecule has 2 unspecified atom stereocenters. The molecule has 45 heavy (non-hydrogen) atoms. The Morgan fingerprint density at radius 3 is 1.18 bits per heavy atom. The van der Waals surface area contributed by atoms with Crippen LogP contribution in [0, 0.1) is 24.7 Å². The fourth-order valence-corrected chi connectivity index (χ4v) is 37.5. The van der Waals surface area contributed by atoms with Crippen molar-refractivity contribution >= 4 is 37.0 Å². The Hall–Kier alpha value is -2.19. The van der Waals surface area contributed by atoms with Crippen molar-refractivity contribution in [3.05, 3.63) is 129 Å². The van der Waals surface area contributed by atoms with Gasteiger partial charge in [0.15, 0.2) is 0 Å². The van der Waals surface area contributed by atoms with E-state index in [1.807, 2.05) is 0 Å². The van der Waals surface area contributed by atoms with Gasteiger partial charge in [-0.3, -0.25) is 0 Å². The van der Waals surface area contributed by atoms with Crippen LogP contribution in [0.4, 0.5) is 0 Å². The predicted octanol–water partition coefficient (Wildman–Crippen LogP) is 13.2. The van der Waals surface area contributed by atoms with Gasteiger partial charge in [-0.1, -0.05) is 0 Å². The summed E-state index contributed by atoms with van der Waals surface area (Å²) in [4.78, 5) is 0. The molecule has 0 saturated carbocycles. The summed E-state index contributed by atoms with van der Waals surface area (Å²) in [5, 5.41) is 0. The second kappa shape index (κ2) is 12.1. The molecule has 7 rings (SSSR count). The molecular formula is C42H48Cl2Hf. The van der Waals surface area contributed by atoms with Gasteiger partial charge in [-0.25, -0.2) is 0 Å². The molecule has 0 aromatic heterocycles. The van der Waals surface area contributed by atoms with E-state index in [4.69, 9.17) is 0 Å². The van der Waals surface area contributed by atoms with E-state index in [1.54, 1.807) is 22.3 Å². The number of hydrogen-bond donors (Lipinski definition) is 0. The molecule has 4 aromatic carbocycles. The van der Waals surface area contributed by atoms with E-state index in [9.17, 15) is 0 Å². The third-order valence-corrected chi connectivity index (χ3v) is 29.2. The number of halogens is 2. The molecular weight excluding hydrogens is 754 g/mol. The van der Waals surface area contributed by atoms with E-state index in [1.165, 1.54) is 52.9 Å². The number of allylic oxidation sites excluding steroid dienone is 2. The summed E-state index contributed by atoms with van der Waals surface area (Å²) in [6.07, 6.45) is 5.29. The molecule has 3 aliphatic rings. The van der Waals surface area contributed by atoms with Gasteiger partial charge in [-0.05, 0) is 0 Å². The Kier molecular flexibility index (Phi) is 9.20. The number of benzene rings is 4. The van der Waals surface area contributed by atoms with Gasteiger partial charge in [0.25, 0.3) is 0 Å². The minimum Gasteiger partial charge on any atom is -0.147 e. The average molecular weight is 802 g/mol. The number of hydrogen-bond acceptors (Lipinski definition) is 0. The summed E-state index contributed by atoms with van der Waals surface area (Å²) >= 11 is -3.05. The molecule has 1 saturated heterocycles. The van der Waals surface area contributed by atoms with Crippen molar-refractivity contribution in [2.45, 2.75) is 71.1 Å². The Labute approximate surface area is 288 Å². The van der Waals surface area contributed by atoms with Crippen LogP contribution in [-0.2, 0) is 20.0 Å². The van der Waals surface area contributed by atoms with Gasteiger partial charge < -0.3 is 0 Å². The van der Waals surface area contributed by atoms with Crippen LogP contribution in [0.15, 0.2) is 96.1 Å². The fourth-order valence-electron chi connectivity index (χ4n) is 8.20. The van der Waals surface area contributed by atoms with Gasteiger partial charge in [0.2, 0.25) is 0 Å². The Balaban J connectivity index is 0.00000200. The molecule has 0 N–H and O–H groups in total. The third-order valence-electron chi connectivity index (χ3n) is 10.6. The molecule has 0 radical (unpaired) electrons. The van der Waals surface area contributed by atoms with Crippen LogP contribution < -0.4 is 0 Å². The zero-order chi connectivity index (χ0) is 30.3. The van der Waals surface area contributed by atoms with Crippen molar-refractivity contribution < 1.29 is 20.0 Å². The molecule has 234 valence electrons. The van der Waals surface area contributed by atoms with E-state index < -0.39 is 20.0 Å². The normalized spacial score (nSPS) is 19.5. The van der Waals surface area contributed by atoms with Gasteiger partial charge in [0.05, 0.1) is 0 Å². The summed E-state index contributed by atoms with van der Waals surface area (Å²) in [7, 11) is 0. The Bertz CT molecular complexity index is 1660. The maximum Gasteiger partial charge on any atom is -0.147 e. The van der Waals surface area contributed by atoms with Crippen molar-refractivity contribution in [3.8, 4) is 22.3 Å². The van der Waals surface area contributed by atoms with Gasteiger partial charge in [-0.2, -0.15) is 0 Å². The molecule has 0 spiro atoms. The van der Waals surface area contributed by atoms with Crippen molar-refractivity contribution in [2.24, 2.45) is 10.8 Å². The molecule has 0 nitrogen and oxygen atoms in total. The van der Waals surface area contributed by atoms with E-state index in [0.717, 1.165) is 0 Å². The van der Waals surface area contributed by atoms with Crippen molar-refractivity contribution in [2.75, 3.05) is 0 Å². The summed E-state index contributed by atoms with van der Waals surface area (Å²) in [6.45, 7) is 19.2. The molecule has 2 aliphatic carbocycles. The second-order valence-corrected chi connectivity index (χ2v) is 32.2. The number of aryl methyl sites for hydroxylation is 2. The SMILES string of the molecule is Cc1ccc(-c2cccc3c2C=C(C(C)(C)C)[CH]3[Hf]2([CH]3C(C(C)(C)C)=Cc4c(-c5ccc(C)cc5)cccc43)[CH2][CH2]2)cc1.Cl.Cl. The maximum absolute atomic E-state index is 3.05.